The Morgan fingerprint density at radius 2 is 1.65 bits per heavy atom. The minimum absolute atomic E-state index is 0.416. The molecule has 0 heterocycles. The third kappa shape index (κ3) is 1.53. The van der Waals surface area contributed by atoms with Gasteiger partial charge in [0.2, 0.25) is 0 Å². The molecule has 0 aliphatic heterocycles. The fourth-order valence-corrected chi connectivity index (χ4v) is 2.56. The largest absolute Gasteiger partial charge is 0.481 e. The van der Waals surface area contributed by atoms with Gasteiger partial charge in [-0.3, -0.25) is 4.79 Å². The molecule has 2 aromatic rings. The number of carbonyl (C=O) groups is 1. The van der Waals surface area contributed by atoms with Gasteiger partial charge in [-0.1, -0.05) is 48.5 Å². The van der Waals surface area contributed by atoms with E-state index >= 15 is 0 Å². The van der Waals surface area contributed by atoms with E-state index in [9.17, 15) is 9.90 Å². The molecule has 1 atom stereocenters. The van der Waals surface area contributed by atoms with Crippen LogP contribution in [0.5, 0.6) is 0 Å². The minimum Gasteiger partial charge on any atom is -0.481 e. The highest BCUT2D eigenvalue weighted by atomic mass is 16.4. The molecule has 2 nitrogen and oxygen atoms in total. The van der Waals surface area contributed by atoms with Gasteiger partial charge in [0.05, 0.1) is 5.92 Å². The Morgan fingerprint density at radius 3 is 2.41 bits per heavy atom. The number of hydrogen-bond donors (Lipinski definition) is 1. The van der Waals surface area contributed by atoms with Gasteiger partial charge >= 0.3 is 5.97 Å². The molecule has 0 unspecified atom stereocenters. The van der Waals surface area contributed by atoms with Crippen molar-refractivity contribution >= 4 is 5.97 Å². The molecule has 0 saturated carbocycles. The third-order valence-corrected chi connectivity index (χ3v) is 3.37. The molecule has 1 aliphatic carbocycles. The highest BCUT2D eigenvalue weighted by molar-refractivity contribution is 5.85. The van der Waals surface area contributed by atoms with Crippen molar-refractivity contribution in [2.24, 2.45) is 0 Å². The number of hydrogen-bond acceptors (Lipinski definition) is 1. The molecule has 0 saturated heterocycles. The summed E-state index contributed by atoms with van der Waals surface area (Å²) in [5, 5.41) is 9.31. The number of rotatable bonds is 1. The Kier molecular flexibility index (Phi) is 2.22. The number of aliphatic carboxylic acids is 1. The standard InChI is InChI=1S/C15H12O2/c16-15(17)14-9-10-5-1-2-6-11(10)12-7-3-4-8-13(12)14/h1-8,14H,9H2,(H,16,17)/t14-/m0/s1. The summed E-state index contributed by atoms with van der Waals surface area (Å²) in [7, 11) is 0. The number of benzene rings is 2. The quantitative estimate of drug-likeness (QED) is 0.808. The monoisotopic (exact) mass is 224 g/mol. The van der Waals surface area contributed by atoms with Gasteiger partial charge < -0.3 is 5.11 Å². The fraction of sp³-hybridized carbons (Fsp3) is 0.133. The Labute approximate surface area is 99.5 Å². The molecule has 0 bridgehead atoms. The van der Waals surface area contributed by atoms with Crippen LogP contribution in [0.2, 0.25) is 0 Å². The number of carboxylic acid groups (broad SMARTS) is 1. The van der Waals surface area contributed by atoms with Crippen molar-refractivity contribution in [3.63, 3.8) is 0 Å². The number of fused-ring (bicyclic) bond motifs is 3. The van der Waals surface area contributed by atoms with E-state index in [0.717, 1.165) is 16.7 Å². The van der Waals surface area contributed by atoms with Crippen molar-refractivity contribution in [1.82, 2.24) is 0 Å². The van der Waals surface area contributed by atoms with Gasteiger partial charge in [-0.05, 0) is 28.7 Å². The van der Waals surface area contributed by atoms with Crippen LogP contribution in [0.1, 0.15) is 17.0 Å². The predicted octanol–water partition coefficient (Wildman–Crippen LogP) is 3.08. The van der Waals surface area contributed by atoms with Crippen LogP contribution >= 0.6 is 0 Å². The lowest BCUT2D eigenvalue weighted by molar-refractivity contribution is -0.138. The third-order valence-electron chi connectivity index (χ3n) is 3.37. The van der Waals surface area contributed by atoms with Crippen LogP contribution in [0.4, 0.5) is 0 Å². The minimum atomic E-state index is -0.744. The SMILES string of the molecule is O=C(O)[C@H]1Cc2ccccc2-c2ccccc21. The highest BCUT2D eigenvalue weighted by Gasteiger charge is 2.28. The second kappa shape index (κ2) is 3.74. The van der Waals surface area contributed by atoms with E-state index in [1.165, 1.54) is 5.56 Å². The average Bonchev–Trinajstić information content (AvgIpc) is 2.37. The van der Waals surface area contributed by atoms with Crippen molar-refractivity contribution in [2.75, 3.05) is 0 Å². The average molecular weight is 224 g/mol. The summed E-state index contributed by atoms with van der Waals surface area (Å²) in [5.74, 6) is -1.16. The van der Waals surface area contributed by atoms with E-state index in [0.29, 0.717) is 6.42 Å². The van der Waals surface area contributed by atoms with Crippen molar-refractivity contribution < 1.29 is 9.90 Å². The van der Waals surface area contributed by atoms with Crippen LogP contribution in [0.3, 0.4) is 0 Å². The fourth-order valence-electron chi connectivity index (χ4n) is 2.56. The first-order valence-corrected chi connectivity index (χ1v) is 5.67. The van der Waals surface area contributed by atoms with E-state index in [1.54, 1.807) is 0 Å². The molecular weight excluding hydrogens is 212 g/mol. The molecule has 2 aromatic carbocycles. The summed E-state index contributed by atoms with van der Waals surface area (Å²) < 4.78 is 0. The normalized spacial score (nSPS) is 17.1. The molecule has 0 amide bonds. The van der Waals surface area contributed by atoms with Crippen LogP contribution < -0.4 is 0 Å². The summed E-state index contributed by atoms with van der Waals surface area (Å²) >= 11 is 0. The predicted molar refractivity (Wildman–Crippen MR) is 66.0 cm³/mol. The van der Waals surface area contributed by atoms with E-state index < -0.39 is 11.9 Å². The summed E-state index contributed by atoms with van der Waals surface area (Å²) in [4.78, 5) is 11.3. The van der Waals surface area contributed by atoms with E-state index in [4.69, 9.17) is 0 Å². The molecule has 0 spiro atoms. The molecule has 0 radical (unpaired) electrons. The zero-order valence-electron chi connectivity index (χ0n) is 9.26. The maximum Gasteiger partial charge on any atom is 0.311 e. The van der Waals surface area contributed by atoms with Crippen LogP contribution in [-0.2, 0) is 11.2 Å². The van der Waals surface area contributed by atoms with Gasteiger partial charge in [0.15, 0.2) is 0 Å². The molecule has 84 valence electrons. The molecule has 0 aromatic heterocycles. The first-order chi connectivity index (χ1) is 8.27. The Morgan fingerprint density at radius 1 is 1.00 bits per heavy atom. The maximum atomic E-state index is 11.3. The van der Waals surface area contributed by atoms with Gasteiger partial charge in [0, 0.05) is 0 Å². The van der Waals surface area contributed by atoms with Gasteiger partial charge in [0.25, 0.3) is 0 Å². The Hall–Kier alpha value is -2.09. The maximum absolute atomic E-state index is 11.3. The van der Waals surface area contributed by atoms with Crippen molar-refractivity contribution in [3.05, 3.63) is 59.7 Å². The van der Waals surface area contributed by atoms with Gasteiger partial charge in [0.1, 0.15) is 0 Å². The molecule has 1 aliphatic rings. The summed E-state index contributed by atoms with van der Waals surface area (Å²) in [6.45, 7) is 0. The van der Waals surface area contributed by atoms with Crippen molar-refractivity contribution in [2.45, 2.75) is 12.3 Å². The lowest BCUT2D eigenvalue weighted by atomic mass is 9.79. The lowest BCUT2D eigenvalue weighted by Gasteiger charge is -2.24. The van der Waals surface area contributed by atoms with Gasteiger partial charge in [-0.2, -0.15) is 0 Å². The van der Waals surface area contributed by atoms with Crippen LogP contribution in [-0.4, -0.2) is 11.1 Å². The molecule has 2 heteroatoms. The summed E-state index contributed by atoms with van der Waals surface area (Å²) in [6.07, 6.45) is 0.586. The zero-order valence-corrected chi connectivity index (χ0v) is 9.26. The Balaban J connectivity index is 2.26. The molecular formula is C15H12O2. The van der Waals surface area contributed by atoms with E-state index in [2.05, 4.69) is 6.07 Å². The molecule has 3 rings (SSSR count). The number of carboxylic acids is 1. The second-order valence-corrected chi connectivity index (χ2v) is 4.34. The Bertz CT molecular complexity index is 587. The molecule has 17 heavy (non-hydrogen) atoms. The molecule has 0 fully saturated rings. The second-order valence-electron chi connectivity index (χ2n) is 4.34. The first-order valence-electron chi connectivity index (χ1n) is 5.67. The lowest BCUT2D eigenvalue weighted by Crippen LogP contribution is -2.19. The zero-order chi connectivity index (χ0) is 11.8. The van der Waals surface area contributed by atoms with Crippen LogP contribution in [0.25, 0.3) is 11.1 Å². The van der Waals surface area contributed by atoms with Gasteiger partial charge in [-0.25, -0.2) is 0 Å². The molecule has 1 N–H and O–H groups in total. The van der Waals surface area contributed by atoms with Gasteiger partial charge in [-0.15, -0.1) is 0 Å². The van der Waals surface area contributed by atoms with Crippen molar-refractivity contribution in [1.29, 1.82) is 0 Å². The van der Waals surface area contributed by atoms with E-state index in [-0.39, 0.29) is 0 Å². The van der Waals surface area contributed by atoms with Crippen LogP contribution in [0.15, 0.2) is 48.5 Å². The summed E-state index contributed by atoms with van der Waals surface area (Å²) in [5.41, 5.74) is 4.28. The first kappa shape index (κ1) is 10.1. The topological polar surface area (TPSA) is 37.3 Å². The van der Waals surface area contributed by atoms with Crippen molar-refractivity contribution in [3.8, 4) is 11.1 Å². The van der Waals surface area contributed by atoms with Crippen LogP contribution in [0, 0.1) is 0 Å². The highest BCUT2D eigenvalue weighted by Crippen LogP contribution is 2.39. The van der Waals surface area contributed by atoms with E-state index in [1.807, 2.05) is 42.5 Å². The summed E-state index contributed by atoms with van der Waals surface area (Å²) in [6, 6.07) is 15.8. The smallest absolute Gasteiger partial charge is 0.311 e.